The Bertz CT molecular complexity index is 783. The lowest BCUT2D eigenvalue weighted by Crippen LogP contribution is -2.03. The standard InChI is InChI=1S/C16H13ClFN3/c17-13-5-4-12(15(18)9-13)10-21-7-6-20-16(21)11-2-1-3-14(19)8-11/h1-9H,10,19H2. The molecule has 2 N–H and O–H groups in total. The maximum absolute atomic E-state index is 13.9. The first-order valence-corrected chi connectivity index (χ1v) is 6.82. The van der Waals surface area contributed by atoms with E-state index in [0.717, 1.165) is 11.4 Å². The van der Waals surface area contributed by atoms with Crippen LogP contribution in [0.2, 0.25) is 5.02 Å². The van der Waals surface area contributed by atoms with E-state index in [4.69, 9.17) is 17.3 Å². The summed E-state index contributed by atoms with van der Waals surface area (Å²) >= 11 is 5.77. The summed E-state index contributed by atoms with van der Waals surface area (Å²) in [5, 5.41) is 0.387. The van der Waals surface area contributed by atoms with Gasteiger partial charge in [0.25, 0.3) is 0 Å². The van der Waals surface area contributed by atoms with Crippen molar-refractivity contribution in [3.8, 4) is 11.4 Å². The zero-order chi connectivity index (χ0) is 14.8. The van der Waals surface area contributed by atoms with Crippen LogP contribution >= 0.6 is 11.6 Å². The van der Waals surface area contributed by atoms with E-state index in [0.29, 0.717) is 22.8 Å². The minimum absolute atomic E-state index is 0.324. The number of nitrogens with two attached hydrogens (primary N) is 1. The van der Waals surface area contributed by atoms with E-state index >= 15 is 0 Å². The zero-order valence-corrected chi connectivity index (χ0v) is 11.9. The van der Waals surface area contributed by atoms with Crippen molar-refractivity contribution < 1.29 is 4.39 Å². The Kier molecular flexibility index (Phi) is 3.62. The highest BCUT2D eigenvalue weighted by molar-refractivity contribution is 6.30. The number of hydrogen-bond acceptors (Lipinski definition) is 2. The molecule has 0 saturated carbocycles. The number of nitrogen functional groups attached to an aromatic ring is 1. The first-order valence-electron chi connectivity index (χ1n) is 6.44. The van der Waals surface area contributed by atoms with Crippen molar-refractivity contribution in [1.29, 1.82) is 0 Å². The van der Waals surface area contributed by atoms with Crippen molar-refractivity contribution in [3.05, 3.63) is 71.3 Å². The van der Waals surface area contributed by atoms with Crippen LogP contribution in [0.25, 0.3) is 11.4 Å². The number of benzene rings is 2. The molecule has 21 heavy (non-hydrogen) atoms. The van der Waals surface area contributed by atoms with Gasteiger partial charge in [-0.05, 0) is 24.3 Å². The molecule has 0 saturated heterocycles. The maximum Gasteiger partial charge on any atom is 0.140 e. The summed E-state index contributed by atoms with van der Waals surface area (Å²) in [6, 6.07) is 12.1. The highest BCUT2D eigenvalue weighted by Crippen LogP contribution is 2.22. The van der Waals surface area contributed by atoms with Crippen LogP contribution in [0.3, 0.4) is 0 Å². The third-order valence-corrected chi connectivity index (χ3v) is 3.45. The highest BCUT2D eigenvalue weighted by atomic mass is 35.5. The lowest BCUT2D eigenvalue weighted by Gasteiger charge is -2.09. The molecule has 3 nitrogen and oxygen atoms in total. The Morgan fingerprint density at radius 3 is 2.81 bits per heavy atom. The first-order chi connectivity index (χ1) is 10.1. The third-order valence-electron chi connectivity index (χ3n) is 3.22. The average Bonchev–Trinajstić information content (AvgIpc) is 2.90. The van der Waals surface area contributed by atoms with Crippen molar-refractivity contribution in [2.24, 2.45) is 0 Å². The predicted molar refractivity (Wildman–Crippen MR) is 82.6 cm³/mol. The van der Waals surface area contributed by atoms with Gasteiger partial charge in [0.1, 0.15) is 11.6 Å². The molecule has 0 aliphatic carbocycles. The molecule has 0 radical (unpaired) electrons. The molecule has 3 aromatic rings. The number of imidazole rings is 1. The number of nitrogens with zero attached hydrogens (tertiary/aromatic N) is 2. The third kappa shape index (κ3) is 2.90. The Hall–Kier alpha value is -2.33. The number of anilines is 1. The summed E-state index contributed by atoms with van der Waals surface area (Å²) < 4.78 is 15.8. The van der Waals surface area contributed by atoms with E-state index in [1.807, 2.05) is 35.0 Å². The van der Waals surface area contributed by atoms with E-state index in [9.17, 15) is 4.39 Å². The van der Waals surface area contributed by atoms with Gasteiger partial charge < -0.3 is 10.3 Å². The summed E-state index contributed by atoms with van der Waals surface area (Å²) in [6.07, 6.45) is 3.50. The van der Waals surface area contributed by atoms with Crippen LogP contribution in [0.15, 0.2) is 54.9 Å². The molecule has 1 aromatic heterocycles. The summed E-state index contributed by atoms with van der Waals surface area (Å²) in [5.74, 6) is 0.423. The first kappa shape index (κ1) is 13.6. The van der Waals surface area contributed by atoms with Gasteiger partial charge in [-0.3, -0.25) is 0 Å². The minimum atomic E-state index is -0.324. The predicted octanol–water partition coefficient (Wildman–Crippen LogP) is 3.97. The molecule has 1 heterocycles. The normalized spacial score (nSPS) is 10.8. The molecule has 0 bridgehead atoms. The summed E-state index contributed by atoms with van der Waals surface area (Å²) in [5.41, 5.74) is 7.92. The average molecular weight is 302 g/mol. The molecule has 5 heteroatoms. The number of aromatic nitrogens is 2. The second kappa shape index (κ2) is 5.58. The molecule has 0 aliphatic rings. The van der Waals surface area contributed by atoms with Crippen LogP contribution in [0.4, 0.5) is 10.1 Å². The van der Waals surface area contributed by atoms with Gasteiger partial charge in [-0.25, -0.2) is 9.37 Å². The zero-order valence-electron chi connectivity index (χ0n) is 11.1. The van der Waals surface area contributed by atoms with E-state index in [-0.39, 0.29) is 5.82 Å². The van der Waals surface area contributed by atoms with Gasteiger partial charge in [0.05, 0.1) is 6.54 Å². The SMILES string of the molecule is Nc1cccc(-c2nccn2Cc2ccc(Cl)cc2F)c1. The molecule has 0 aliphatic heterocycles. The van der Waals surface area contributed by atoms with E-state index in [2.05, 4.69) is 4.98 Å². The van der Waals surface area contributed by atoms with Gasteiger partial charge in [-0.15, -0.1) is 0 Å². The molecule has 106 valence electrons. The van der Waals surface area contributed by atoms with Crippen LogP contribution in [-0.4, -0.2) is 9.55 Å². The second-order valence-corrected chi connectivity index (χ2v) is 5.18. The fourth-order valence-electron chi connectivity index (χ4n) is 2.21. The van der Waals surface area contributed by atoms with Crippen molar-refractivity contribution in [2.45, 2.75) is 6.54 Å². The lowest BCUT2D eigenvalue weighted by molar-refractivity contribution is 0.600. The second-order valence-electron chi connectivity index (χ2n) is 4.74. The quantitative estimate of drug-likeness (QED) is 0.744. The smallest absolute Gasteiger partial charge is 0.140 e. The van der Waals surface area contributed by atoms with Gasteiger partial charge in [0, 0.05) is 34.2 Å². The number of rotatable bonds is 3. The summed E-state index contributed by atoms with van der Waals surface area (Å²) in [6.45, 7) is 0.382. The minimum Gasteiger partial charge on any atom is -0.399 e. The Balaban J connectivity index is 1.96. The fourth-order valence-corrected chi connectivity index (χ4v) is 2.37. The van der Waals surface area contributed by atoms with Crippen LogP contribution in [0, 0.1) is 5.82 Å². The van der Waals surface area contributed by atoms with Crippen LogP contribution < -0.4 is 5.73 Å². The van der Waals surface area contributed by atoms with Gasteiger partial charge in [-0.1, -0.05) is 29.8 Å². The molecule has 0 fully saturated rings. The molecule has 3 rings (SSSR count). The van der Waals surface area contributed by atoms with Crippen LogP contribution in [0.5, 0.6) is 0 Å². The lowest BCUT2D eigenvalue weighted by atomic mass is 10.1. The molecule has 0 atom stereocenters. The molecule has 0 spiro atoms. The monoisotopic (exact) mass is 301 g/mol. The Morgan fingerprint density at radius 1 is 1.19 bits per heavy atom. The van der Waals surface area contributed by atoms with Gasteiger partial charge >= 0.3 is 0 Å². The maximum atomic E-state index is 13.9. The van der Waals surface area contributed by atoms with Crippen molar-refractivity contribution in [1.82, 2.24) is 9.55 Å². The van der Waals surface area contributed by atoms with Crippen LogP contribution in [-0.2, 0) is 6.54 Å². The largest absolute Gasteiger partial charge is 0.399 e. The summed E-state index contributed by atoms with van der Waals surface area (Å²) in [7, 11) is 0. The van der Waals surface area contributed by atoms with Gasteiger partial charge in [0.15, 0.2) is 0 Å². The molecule has 0 amide bonds. The summed E-state index contributed by atoms with van der Waals surface area (Å²) in [4.78, 5) is 4.33. The van der Waals surface area contributed by atoms with E-state index in [1.54, 1.807) is 18.3 Å². The highest BCUT2D eigenvalue weighted by Gasteiger charge is 2.09. The van der Waals surface area contributed by atoms with Crippen molar-refractivity contribution in [2.75, 3.05) is 5.73 Å². The van der Waals surface area contributed by atoms with Gasteiger partial charge in [0.2, 0.25) is 0 Å². The molecule has 0 unspecified atom stereocenters. The Morgan fingerprint density at radius 2 is 2.05 bits per heavy atom. The van der Waals surface area contributed by atoms with Crippen molar-refractivity contribution >= 4 is 17.3 Å². The Labute approximate surface area is 126 Å². The van der Waals surface area contributed by atoms with Crippen molar-refractivity contribution in [3.63, 3.8) is 0 Å². The number of hydrogen-bond donors (Lipinski definition) is 1. The topological polar surface area (TPSA) is 43.8 Å². The van der Waals surface area contributed by atoms with Crippen LogP contribution in [0.1, 0.15) is 5.56 Å². The number of halogens is 2. The fraction of sp³-hybridized carbons (Fsp3) is 0.0625. The van der Waals surface area contributed by atoms with Gasteiger partial charge in [-0.2, -0.15) is 0 Å². The molecule has 2 aromatic carbocycles. The molecular weight excluding hydrogens is 289 g/mol. The van der Waals surface area contributed by atoms with E-state index < -0.39 is 0 Å². The van der Waals surface area contributed by atoms with E-state index in [1.165, 1.54) is 6.07 Å². The molecular formula is C16H13ClFN3.